The maximum atomic E-state index is 12.6. The van der Waals surface area contributed by atoms with Crippen molar-refractivity contribution in [2.24, 2.45) is 0 Å². The zero-order valence-electron chi connectivity index (χ0n) is 11.5. The molecule has 0 atom stereocenters. The van der Waals surface area contributed by atoms with E-state index >= 15 is 0 Å². The van der Waals surface area contributed by atoms with Gasteiger partial charge in [0.15, 0.2) is 0 Å². The zero-order chi connectivity index (χ0) is 14.3. The average Bonchev–Trinajstić information content (AvgIpc) is 2.38. The minimum Gasteiger partial charge on any atom is -0.241 e. The van der Waals surface area contributed by atoms with E-state index in [2.05, 4.69) is 23.8 Å². The number of alkyl halides is 3. The van der Waals surface area contributed by atoms with Crippen LogP contribution in [0.25, 0.3) is 0 Å². The highest BCUT2D eigenvalue weighted by atomic mass is 19.4. The smallest absolute Gasteiger partial charge is 0.241 e. The number of unbranched alkanes of at least 4 members (excludes halogenated alkanes) is 2. The Morgan fingerprint density at radius 2 is 1.68 bits per heavy atom. The monoisotopic (exact) mass is 274 g/mol. The van der Waals surface area contributed by atoms with Crippen molar-refractivity contribution in [3.05, 3.63) is 23.8 Å². The number of aromatic nitrogens is 2. The predicted molar refractivity (Wildman–Crippen MR) is 68.8 cm³/mol. The van der Waals surface area contributed by atoms with E-state index in [1.165, 1.54) is 6.20 Å². The van der Waals surface area contributed by atoms with Crippen molar-refractivity contribution in [1.82, 2.24) is 9.97 Å². The molecule has 0 aromatic carbocycles. The van der Waals surface area contributed by atoms with Gasteiger partial charge in [0.05, 0.1) is 0 Å². The highest BCUT2D eigenvalue weighted by molar-refractivity contribution is 5.08. The fourth-order valence-corrected chi connectivity index (χ4v) is 2.03. The minimum absolute atomic E-state index is 0.0437. The van der Waals surface area contributed by atoms with Crippen LogP contribution in [0.15, 0.2) is 12.3 Å². The van der Waals surface area contributed by atoms with Gasteiger partial charge in [0.1, 0.15) is 11.5 Å². The largest absolute Gasteiger partial charge is 0.433 e. The summed E-state index contributed by atoms with van der Waals surface area (Å²) in [5, 5.41) is 0. The summed E-state index contributed by atoms with van der Waals surface area (Å²) in [4.78, 5) is 7.76. The number of hydrogen-bond donors (Lipinski definition) is 0. The van der Waals surface area contributed by atoms with E-state index in [4.69, 9.17) is 0 Å². The molecule has 1 heterocycles. The number of hydrogen-bond acceptors (Lipinski definition) is 2. The van der Waals surface area contributed by atoms with E-state index in [0.717, 1.165) is 44.6 Å². The second-order valence-corrected chi connectivity index (χ2v) is 4.78. The Morgan fingerprint density at radius 1 is 1.11 bits per heavy atom. The van der Waals surface area contributed by atoms with Crippen molar-refractivity contribution in [2.75, 3.05) is 0 Å². The summed E-state index contributed by atoms with van der Waals surface area (Å²) in [6.45, 7) is 4.15. The standard InChI is InChI=1S/C14H21F3N2/c1-3-5-7-11(8-6-4-2)13-18-10-9-12(19-13)14(15,16)17/h9-11H,3-8H2,1-2H3. The fraction of sp³-hybridized carbons (Fsp3) is 0.714. The van der Waals surface area contributed by atoms with Crippen LogP contribution in [0, 0.1) is 0 Å². The molecule has 5 heteroatoms. The van der Waals surface area contributed by atoms with Crippen molar-refractivity contribution in [3.8, 4) is 0 Å². The second kappa shape index (κ2) is 7.46. The first-order valence-corrected chi connectivity index (χ1v) is 6.89. The Hall–Kier alpha value is -1.13. The van der Waals surface area contributed by atoms with Crippen molar-refractivity contribution >= 4 is 0 Å². The van der Waals surface area contributed by atoms with E-state index in [-0.39, 0.29) is 5.92 Å². The molecule has 1 aromatic rings. The molecule has 0 spiro atoms. The van der Waals surface area contributed by atoms with E-state index in [1.54, 1.807) is 0 Å². The van der Waals surface area contributed by atoms with Crippen LogP contribution in [0.4, 0.5) is 13.2 Å². The third-order valence-corrected chi connectivity index (χ3v) is 3.14. The number of halogens is 3. The molecule has 0 unspecified atom stereocenters. The zero-order valence-corrected chi connectivity index (χ0v) is 11.5. The molecular weight excluding hydrogens is 253 g/mol. The molecule has 1 aromatic heterocycles. The first kappa shape index (κ1) is 15.9. The molecule has 0 fully saturated rings. The van der Waals surface area contributed by atoms with Crippen LogP contribution in [-0.4, -0.2) is 9.97 Å². The van der Waals surface area contributed by atoms with Gasteiger partial charge >= 0.3 is 6.18 Å². The van der Waals surface area contributed by atoms with Gasteiger partial charge in [-0.2, -0.15) is 13.2 Å². The molecule has 0 aliphatic heterocycles. The summed E-state index contributed by atoms with van der Waals surface area (Å²) in [7, 11) is 0. The Labute approximate surface area is 112 Å². The lowest BCUT2D eigenvalue weighted by molar-refractivity contribution is -0.141. The van der Waals surface area contributed by atoms with Crippen molar-refractivity contribution in [3.63, 3.8) is 0 Å². The predicted octanol–water partition coefficient (Wildman–Crippen LogP) is 4.96. The SMILES string of the molecule is CCCCC(CCCC)c1nccc(C(F)(F)F)n1. The maximum absolute atomic E-state index is 12.6. The molecule has 0 bridgehead atoms. The van der Waals surface area contributed by atoms with Gasteiger partial charge in [0.25, 0.3) is 0 Å². The summed E-state index contributed by atoms with van der Waals surface area (Å²) in [5.41, 5.74) is -0.838. The minimum atomic E-state index is -4.39. The summed E-state index contributed by atoms with van der Waals surface area (Å²) in [5.74, 6) is 0.388. The third-order valence-electron chi connectivity index (χ3n) is 3.14. The van der Waals surface area contributed by atoms with Crippen LogP contribution >= 0.6 is 0 Å². The van der Waals surface area contributed by atoms with Gasteiger partial charge in [0, 0.05) is 12.1 Å². The normalized spacial score (nSPS) is 12.1. The molecule has 0 amide bonds. The quantitative estimate of drug-likeness (QED) is 0.702. The van der Waals surface area contributed by atoms with Crippen LogP contribution in [-0.2, 0) is 6.18 Å². The van der Waals surface area contributed by atoms with Gasteiger partial charge in [-0.3, -0.25) is 0 Å². The Morgan fingerprint density at radius 3 is 2.16 bits per heavy atom. The average molecular weight is 274 g/mol. The van der Waals surface area contributed by atoms with Gasteiger partial charge in [-0.15, -0.1) is 0 Å². The molecular formula is C14H21F3N2. The highest BCUT2D eigenvalue weighted by Crippen LogP contribution is 2.30. The Kier molecular flexibility index (Phi) is 6.25. The maximum Gasteiger partial charge on any atom is 0.433 e. The van der Waals surface area contributed by atoms with Gasteiger partial charge in [-0.05, 0) is 18.9 Å². The topological polar surface area (TPSA) is 25.8 Å². The Bertz CT molecular complexity index is 369. The van der Waals surface area contributed by atoms with Gasteiger partial charge < -0.3 is 0 Å². The van der Waals surface area contributed by atoms with Crippen molar-refractivity contribution in [1.29, 1.82) is 0 Å². The molecule has 108 valence electrons. The summed E-state index contributed by atoms with van der Waals surface area (Å²) in [6.07, 6.45) is 2.59. The second-order valence-electron chi connectivity index (χ2n) is 4.78. The van der Waals surface area contributed by atoms with E-state index < -0.39 is 11.9 Å². The van der Waals surface area contributed by atoms with E-state index in [9.17, 15) is 13.2 Å². The molecule has 0 saturated carbocycles. The molecule has 0 saturated heterocycles. The molecule has 0 aliphatic carbocycles. The lowest BCUT2D eigenvalue weighted by Crippen LogP contribution is -2.13. The first-order chi connectivity index (χ1) is 8.99. The summed E-state index contributed by atoms with van der Waals surface area (Å²) < 4.78 is 37.9. The number of nitrogens with zero attached hydrogens (tertiary/aromatic N) is 2. The van der Waals surface area contributed by atoms with Crippen molar-refractivity contribution < 1.29 is 13.2 Å². The van der Waals surface area contributed by atoms with Gasteiger partial charge in [-0.25, -0.2) is 9.97 Å². The van der Waals surface area contributed by atoms with Crippen LogP contribution in [0.2, 0.25) is 0 Å². The summed E-state index contributed by atoms with van der Waals surface area (Å²) >= 11 is 0. The molecule has 19 heavy (non-hydrogen) atoms. The lowest BCUT2D eigenvalue weighted by Gasteiger charge is -2.16. The van der Waals surface area contributed by atoms with Crippen LogP contribution in [0.1, 0.15) is 69.8 Å². The van der Waals surface area contributed by atoms with Crippen LogP contribution < -0.4 is 0 Å². The number of rotatable bonds is 7. The third kappa shape index (κ3) is 5.17. The van der Waals surface area contributed by atoms with Gasteiger partial charge in [0.2, 0.25) is 0 Å². The molecule has 2 nitrogen and oxygen atoms in total. The lowest BCUT2D eigenvalue weighted by atomic mass is 9.95. The van der Waals surface area contributed by atoms with Crippen LogP contribution in [0.3, 0.4) is 0 Å². The molecule has 0 radical (unpaired) electrons. The highest BCUT2D eigenvalue weighted by Gasteiger charge is 2.33. The summed E-state index contributed by atoms with van der Waals surface area (Å²) in [6, 6.07) is 0.931. The van der Waals surface area contributed by atoms with Crippen molar-refractivity contribution in [2.45, 2.75) is 64.5 Å². The van der Waals surface area contributed by atoms with Gasteiger partial charge in [-0.1, -0.05) is 39.5 Å². The molecule has 1 rings (SSSR count). The van der Waals surface area contributed by atoms with E-state index in [1.807, 2.05) is 0 Å². The van der Waals surface area contributed by atoms with E-state index in [0.29, 0.717) is 5.82 Å². The Balaban J connectivity index is 2.88. The van der Waals surface area contributed by atoms with Crippen LogP contribution in [0.5, 0.6) is 0 Å². The fourth-order valence-electron chi connectivity index (χ4n) is 2.03. The molecule has 0 aliphatic rings. The first-order valence-electron chi connectivity index (χ1n) is 6.89. The molecule has 0 N–H and O–H groups in total.